The minimum absolute atomic E-state index is 0.0908. The highest BCUT2D eigenvalue weighted by Gasteiger charge is 2.30. The van der Waals surface area contributed by atoms with Crippen LogP contribution in [0.5, 0.6) is 0 Å². The molecule has 3 N–H and O–H groups in total. The Bertz CT molecular complexity index is 984. The van der Waals surface area contributed by atoms with Crippen molar-refractivity contribution in [2.75, 3.05) is 6.61 Å². The summed E-state index contributed by atoms with van der Waals surface area (Å²) < 4.78 is 10.8. The number of ether oxygens (including phenoxy) is 2. The molecule has 2 aromatic rings. The van der Waals surface area contributed by atoms with Crippen LogP contribution < -0.4 is 11.2 Å². The largest absolute Gasteiger partial charge is 0.460 e. The smallest absolute Gasteiger partial charge is 0.407 e. The van der Waals surface area contributed by atoms with Gasteiger partial charge in [-0.05, 0) is 55.9 Å². The number of amides is 1. The zero-order chi connectivity index (χ0) is 24.7. The maximum absolute atomic E-state index is 12.5. The average Bonchev–Trinajstić information content (AvgIpc) is 3.11. The van der Waals surface area contributed by atoms with Gasteiger partial charge in [-0.15, -0.1) is 0 Å². The van der Waals surface area contributed by atoms with Crippen LogP contribution in [0, 0.1) is 0 Å². The predicted octanol–water partition coefficient (Wildman–Crippen LogP) is 4.21. The molecule has 0 saturated heterocycles. The Labute approximate surface area is 199 Å². The lowest BCUT2D eigenvalue weighted by molar-refractivity contribution is -0.154. The number of carbonyl (C=O) groups excluding carboxylic acids is 3. The van der Waals surface area contributed by atoms with Crippen LogP contribution in [0.15, 0.2) is 48.5 Å². The molecule has 0 aromatic heterocycles. The maximum Gasteiger partial charge on any atom is 0.407 e. The number of carbonyl (C=O) groups is 3. The van der Waals surface area contributed by atoms with E-state index in [2.05, 4.69) is 22.3 Å². The minimum atomic E-state index is -0.973. The van der Waals surface area contributed by atoms with Gasteiger partial charge < -0.3 is 19.6 Å². The number of nitrogens with one attached hydrogen (secondary N) is 1. The third kappa shape index (κ3) is 6.57. The van der Waals surface area contributed by atoms with Gasteiger partial charge in [0.15, 0.2) is 0 Å². The number of rotatable bonds is 9. The predicted molar refractivity (Wildman–Crippen MR) is 127 cm³/mol. The van der Waals surface area contributed by atoms with E-state index in [1.165, 1.54) is 0 Å². The summed E-state index contributed by atoms with van der Waals surface area (Å²) in [4.78, 5) is 40.7. The van der Waals surface area contributed by atoms with Crippen molar-refractivity contribution >= 4 is 18.0 Å². The maximum atomic E-state index is 12.5. The minimum Gasteiger partial charge on any atom is -0.460 e. The Morgan fingerprint density at radius 1 is 0.971 bits per heavy atom. The third-order valence-corrected chi connectivity index (χ3v) is 5.58. The number of hydrogen-bond acceptors (Lipinski definition) is 7. The fraction of sp³-hybridized carbons (Fsp3) is 0.423. The molecule has 0 unspecified atom stereocenters. The van der Waals surface area contributed by atoms with Crippen LogP contribution in [0.3, 0.4) is 0 Å². The number of alkyl carbamates (subject to hydrolysis) is 1. The van der Waals surface area contributed by atoms with E-state index >= 15 is 0 Å². The van der Waals surface area contributed by atoms with E-state index in [9.17, 15) is 14.4 Å². The molecular formula is C26H32N2O6. The number of fused-ring (bicyclic) bond motifs is 3. The van der Waals surface area contributed by atoms with E-state index in [0.717, 1.165) is 22.3 Å². The molecule has 8 nitrogen and oxygen atoms in total. The Morgan fingerprint density at radius 2 is 1.56 bits per heavy atom. The number of benzene rings is 2. The number of unbranched alkanes of at least 4 members (excludes halogenated alkanes) is 1. The summed E-state index contributed by atoms with van der Waals surface area (Å²) in [6.07, 6.45) is 0.720. The van der Waals surface area contributed by atoms with Crippen molar-refractivity contribution in [1.82, 2.24) is 5.32 Å². The van der Waals surface area contributed by atoms with E-state index in [0.29, 0.717) is 12.8 Å². The normalized spacial score (nSPS) is 13.4. The first kappa shape index (κ1) is 25.2. The first-order chi connectivity index (χ1) is 16.2. The van der Waals surface area contributed by atoms with Gasteiger partial charge in [0, 0.05) is 12.3 Å². The molecular weight excluding hydrogens is 436 g/mol. The van der Waals surface area contributed by atoms with Crippen molar-refractivity contribution in [2.45, 2.75) is 64.0 Å². The number of nitrogens with two attached hydrogens (primary N) is 1. The quantitative estimate of drug-likeness (QED) is 0.322. The van der Waals surface area contributed by atoms with Crippen molar-refractivity contribution in [1.29, 1.82) is 0 Å². The van der Waals surface area contributed by atoms with Gasteiger partial charge in [0.1, 0.15) is 18.2 Å². The summed E-state index contributed by atoms with van der Waals surface area (Å²) >= 11 is 0. The number of esters is 1. The van der Waals surface area contributed by atoms with Crippen LogP contribution in [0.25, 0.3) is 11.1 Å². The van der Waals surface area contributed by atoms with E-state index < -0.39 is 23.7 Å². The van der Waals surface area contributed by atoms with Crippen molar-refractivity contribution in [2.24, 2.45) is 5.90 Å². The second kappa shape index (κ2) is 11.2. The molecule has 0 saturated carbocycles. The molecule has 0 heterocycles. The molecule has 1 atom stereocenters. The standard InChI is InChI=1S/C26H32N2O6/c1-26(2,3)33-23(29)15-9-8-14-22(24(30)34-27)28-25(31)32-16-21-19-12-6-4-10-17(19)18-11-5-7-13-20(18)21/h4-7,10-13,21-22H,8-9,14-16,27H2,1-3H3,(H,28,31)/t22-/m0/s1. The van der Waals surface area contributed by atoms with E-state index in [4.69, 9.17) is 15.4 Å². The first-order valence-corrected chi connectivity index (χ1v) is 11.4. The van der Waals surface area contributed by atoms with E-state index in [1.807, 2.05) is 36.4 Å². The summed E-state index contributed by atoms with van der Waals surface area (Å²) in [6.45, 7) is 5.53. The molecule has 0 spiro atoms. The molecule has 0 bridgehead atoms. The summed E-state index contributed by atoms with van der Waals surface area (Å²) in [6, 6.07) is 15.1. The van der Waals surface area contributed by atoms with Crippen LogP contribution in [-0.4, -0.2) is 36.3 Å². The zero-order valence-electron chi connectivity index (χ0n) is 19.8. The summed E-state index contributed by atoms with van der Waals surface area (Å²) in [5.41, 5.74) is 3.89. The fourth-order valence-electron chi connectivity index (χ4n) is 4.12. The van der Waals surface area contributed by atoms with Gasteiger partial charge in [-0.1, -0.05) is 55.0 Å². The van der Waals surface area contributed by atoms with Crippen molar-refractivity contribution in [3.8, 4) is 11.1 Å². The van der Waals surface area contributed by atoms with Crippen molar-refractivity contribution in [3.63, 3.8) is 0 Å². The van der Waals surface area contributed by atoms with Crippen molar-refractivity contribution < 1.29 is 28.7 Å². The zero-order valence-corrected chi connectivity index (χ0v) is 19.8. The monoisotopic (exact) mass is 468 g/mol. The third-order valence-electron chi connectivity index (χ3n) is 5.58. The topological polar surface area (TPSA) is 117 Å². The first-order valence-electron chi connectivity index (χ1n) is 11.4. The Balaban J connectivity index is 1.52. The highest BCUT2D eigenvalue weighted by Crippen LogP contribution is 2.44. The van der Waals surface area contributed by atoms with Gasteiger partial charge in [0.25, 0.3) is 0 Å². The van der Waals surface area contributed by atoms with Crippen LogP contribution >= 0.6 is 0 Å². The second-order valence-electron chi connectivity index (χ2n) is 9.29. The molecule has 182 valence electrons. The molecule has 2 aromatic carbocycles. The highest BCUT2D eigenvalue weighted by molar-refractivity contribution is 5.81. The summed E-state index contributed by atoms with van der Waals surface area (Å²) in [5, 5.41) is 2.53. The fourth-order valence-corrected chi connectivity index (χ4v) is 4.12. The van der Waals surface area contributed by atoms with E-state index in [-0.39, 0.29) is 31.3 Å². The van der Waals surface area contributed by atoms with Gasteiger partial charge in [-0.3, -0.25) is 4.79 Å². The van der Waals surface area contributed by atoms with Gasteiger partial charge in [-0.2, -0.15) is 5.90 Å². The van der Waals surface area contributed by atoms with Gasteiger partial charge >= 0.3 is 18.0 Å². The lowest BCUT2D eigenvalue weighted by atomic mass is 9.98. The molecule has 0 fully saturated rings. The summed E-state index contributed by atoms with van der Waals surface area (Å²) in [7, 11) is 0. The van der Waals surface area contributed by atoms with Crippen LogP contribution in [-0.2, 0) is 23.9 Å². The molecule has 0 aliphatic heterocycles. The Morgan fingerprint density at radius 3 is 2.12 bits per heavy atom. The summed E-state index contributed by atoms with van der Waals surface area (Å²) in [5.74, 6) is 3.86. The molecule has 1 aliphatic rings. The SMILES string of the molecule is CC(C)(C)OC(=O)CCCC[C@H](NC(=O)OCC1c2ccccc2-c2ccccc21)C(=O)ON. The van der Waals surface area contributed by atoms with Crippen molar-refractivity contribution in [3.05, 3.63) is 59.7 Å². The molecule has 34 heavy (non-hydrogen) atoms. The molecule has 0 radical (unpaired) electrons. The Hall–Kier alpha value is -3.39. The van der Waals surface area contributed by atoms with Crippen LogP contribution in [0.1, 0.15) is 63.5 Å². The van der Waals surface area contributed by atoms with Gasteiger partial charge in [0.2, 0.25) is 0 Å². The second-order valence-corrected chi connectivity index (χ2v) is 9.29. The average molecular weight is 469 g/mol. The van der Waals surface area contributed by atoms with Gasteiger partial charge in [-0.25, -0.2) is 9.59 Å². The lowest BCUT2D eigenvalue weighted by Crippen LogP contribution is -2.43. The van der Waals surface area contributed by atoms with Gasteiger partial charge in [0.05, 0.1) is 0 Å². The molecule has 3 rings (SSSR count). The number of hydrogen-bond donors (Lipinski definition) is 2. The Kier molecular flexibility index (Phi) is 8.28. The lowest BCUT2D eigenvalue weighted by Gasteiger charge is -2.20. The van der Waals surface area contributed by atoms with Crippen LogP contribution in [0.4, 0.5) is 4.79 Å². The molecule has 8 heteroatoms. The van der Waals surface area contributed by atoms with Crippen LogP contribution in [0.2, 0.25) is 0 Å². The highest BCUT2D eigenvalue weighted by atomic mass is 16.7. The molecule has 1 aliphatic carbocycles. The molecule has 1 amide bonds. The van der Waals surface area contributed by atoms with E-state index in [1.54, 1.807) is 20.8 Å².